The van der Waals surface area contributed by atoms with Gasteiger partial charge in [0, 0.05) is 0 Å². The maximum absolute atomic E-state index is 10.9. The Morgan fingerprint density at radius 3 is 1.42 bits per heavy atom. The van der Waals surface area contributed by atoms with Crippen LogP contribution in [0.15, 0.2) is 60.7 Å². The third-order valence-electron chi connectivity index (χ3n) is 7.32. The van der Waals surface area contributed by atoms with E-state index >= 15 is 0 Å². The Morgan fingerprint density at radius 1 is 0.600 bits per heavy atom. The molecule has 1 unspecified atom stereocenters. The average molecular weight is 639 g/mol. The number of benzene rings is 4. The molecule has 4 aromatic rings. The summed E-state index contributed by atoms with van der Waals surface area (Å²) in [6, 6.07) is 18.9. The molecule has 1 atom stereocenters. The molecule has 0 fully saturated rings. The third kappa shape index (κ3) is 11.2. The minimum absolute atomic E-state index is 0. The van der Waals surface area contributed by atoms with Crippen LogP contribution in [0.1, 0.15) is 55.6 Å². The number of hydrogen-bond donors (Lipinski definition) is 2. The van der Waals surface area contributed by atoms with Crippen molar-refractivity contribution in [1.82, 2.24) is 0 Å². The van der Waals surface area contributed by atoms with Gasteiger partial charge in [-0.15, -0.1) is 0 Å². The second kappa shape index (κ2) is 16.9. The molecule has 9 heteroatoms. The zero-order valence-electron chi connectivity index (χ0n) is 27.5. The molecule has 0 radical (unpaired) electrons. The maximum Gasteiger partial charge on any atom is 1.00 e. The molecule has 0 spiro atoms. The molecule has 0 saturated carbocycles. The minimum Gasteiger partial charge on any atom is -0.746 e. The summed E-state index contributed by atoms with van der Waals surface area (Å²) in [6.07, 6.45) is 7.75. The van der Waals surface area contributed by atoms with Crippen LogP contribution in [0, 0.1) is 41.5 Å². The van der Waals surface area contributed by atoms with Gasteiger partial charge >= 0.3 is 37.4 Å². The predicted octanol–water partition coefficient (Wildman–Crippen LogP) is 5.13. The maximum atomic E-state index is 10.9. The van der Waals surface area contributed by atoms with E-state index in [4.69, 9.17) is 14.4 Å². The number of phenols is 1. The molecular weight excluding hydrogens is 598 g/mol. The van der Waals surface area contributed by atoms with Crippen molar-refractivity contribution in [3.63, 3.8) is 0 Å². The predicted molar refractivity (Wildman–Crippen MR) is 177 cm³/mol. The van der Waals surface area contributed by atoms with Gasteiger partial charge in [0.1, 0.15) is 23.0 Å². The van der Waals surface area contributed by atoms with Crippen LogP contribution >= 0.6 is 7.82 Å². The van der Waals surface area contributed by atoms with Crippen LogP contribution < -0.4 is 48.4 Å². The monoisotopic (exact) mass is 638 g/mol. The van der Waals surface area contributed by atoms with E-state index in [-0.39, 0.29) is 35.3 Å². The Morgan fingerprint density at radius 2 is 1.00 bits per heavy atom. The minimum atomic E-state index is -4.82. The van der Waals surface area contributed by atoms with Crippen LogP contribution in [-0.2, 0) is 4.57 Å². The topological polar surface area (TPSA) is 108 Å². The second-order valence-electron chi connectivity index (χ2n) is 10.6. The van der Waals surface area contributed by atoms with Crippen molar-refractivity contribution < 1.29 is 63.0 Å². The van der Waals surface area contributed by atoms with E-state index in [9.17, 15) is 14.6 Å². The standard InChI is InChI=1S/C18H21O5P.C18H20O2.Na/c1-12-5-6-15(10-17(12)23-24(19,20)21)7-8-16-9-13(2)14(3)18(11-16)22-4;1-12-5-6-15(10-17(12)19)7-8-16-9-13(2)14(3)18(11-16)20-4;/h5-11H,1-4H3,(H2,19,20,21);5-11,19H,1-4H3;/q;;+1/p-1/b2*8-7-;. The zero-order chi connectivity index (χ0) is 32.6. The van der Waals surface area contributed by atoms with E-state index in [0.717, 1.165) is 56.0 Å². The smallest absolute Gasteiger partial charge is 0.746 e. The number of phenolic OH excluding ortho intramolecular Hbond substituents is 1. The Labute approximate surface area is 288 Å². The molecule has 4 aromatic carbocycles. The molecule has 0 aliphatic rings. The molecule has 232 valence electrons. The van der Waals surface area contributed by atoms with E-state index < -0.39 is 7.82 Å². The molecule has 0 aliphatic heterocycles. The van der Waals surface area contributed by atoms with Crippen LogP contribution in [0.4, 0.5) is 0 Å². The summed E-state index contributed by atoms with van der Waals surface area (Å²) in [7, 11) is -1.50. The van der Waals surface area contributed by atoms with E-state index in [1.165, 1.54) is 5.56 Å². The van der Waals surface area contributed by atoms with Crippen molar-refractivity contribution in [3.05, 3.63) is 116 Å². The van der Waals surface area contributed by atoms with Crippen molar-refractivity contribution in [2.75, 3.05) is 14.2 Å². The summed E-state index contributed by atoms with van der Waals surface area (Å²) in [5, 5.41) is 9.71. The molecule has 2 N–H and O–H groups in total. The van der Waals surface area contributed by atoms with Crippen molar-refractivity contribution >= 4 is 32.1 Å². The fraction of sp³-hybridized carbons (Fsp3) is 0.222. The Kier molecular flexibility index (Phi) is 14.2. The van der Waals surface area contributed by atoms with Crippen LogP contribution in [-0.4, -0.2) is 24.2 Å². The molecule has 0 aromatic heterocycles. The number of phosphoric acid groups is 1. The van der Waals surface area contributed by atoms with Crippen molar-refractivity contribution in [2.24, 2.45) is 0 Å². The van der Waals surface area contributed by atoms with Gasteiger partial charge in [-0.1, -0.05) is 60.7 Å². The number of ether oxygens (including phenoxy) is 2. The van der Waals surface area contributed by atoms with Crippen molar-refractivity contribution in [1.29, 1.82) is 0 Å². The van der Waals surface area contributed by atoms with Crippen LogP contribution in [0.3, 0.4) is 0 Å². The number of hydrogen-bond acceptors (Lipinski definition) is 6. The fourth-order valence-electron chi connectivity index (χ4n) is 4.38. The van der Waals surface area contributed by atoms with Gasteiger partial charge in [-0.3, -0.25) is 4.57 Å². The molecule has 0 heterocycles. The van der Waals surface area contributed by atoms with E-state index in [1.807, 2.05) is 81.5 Å². The molecule has 0 bridgehead atoms. The summed E-state index contributed by atoms with van der Waals surface area (Å²) in [5.74, 6) is 2.15. The largest absolute Gasteiger partial charge is 1.00 e. The first-order valence-electron chi connectivity index (χ1n) is 14.0. The first-order chi connectivity index (χ1) is 20.7. The SMILES string of the molecule is COc1cc(/C=C\c2ccc(C)c(O)c2)cc(C)c1C.COc1cc(/C=C\c2ccc(C)c(OP(=O)([O-])O)c2)cc(C)c1C.[Na+]. The molecule has 0 aliphatic carbocycles. The van der Waals surface area contributed by atoms with Crippen molar-refractivity contribution in [3.8, 4) is 23.0 Å². The summed E-state index contributed by atoms with van der Waals surface area (Å²) in [4.78, 5) is 19.8. The first kappa shape index (κ1) is 37.9. The fourth-order valence-corrected chi connectivity index (χ4v) is 4.83. The van der Waals surface area contributed by atoms with Gasteiger partial charge in [-0.05, 0) is 121 Å². The summed E-state index contributed by atoms with van der Waals surface area (Å²) in [5.41, 5.74) is 9.86. The quantitative estimate of drug-likeness (QED) is 0.157. The molecule has 7 nitrogen and oxygen atoms in total. The molecule has 4 rings (SSSR count). The number of aryl methyl sites for hydroxylation is 4. The molecule has 45 heavy (non-hydrogen) atoms. The van der Waals surface area contributed by atoms with Gasteiger partial charge in [0.25, 0.3) is 0 Å². The van der Waals surface area contributed by atoms with Crippen LogP contribution in [0.25, 0.3) is 24.3 Å². The van der Waals surface area contributed by atoms with Gasteiger partial charge in [-0.25, -0.2) is 0 Å². The van der Waals surface area contributed by atoms with Gasteiger partial charge in [0.15, 0.2) is 0 Å². The van der Waals surface area contributed by atoms with Crippen molar-refractivity contribution in [2.45, 2.75) is 41.5 Å². The van der Waals surface area contributed by atoms with Gasteiger partial charge in [0.2, 0.25) is 0 Å². The Bertz CT molecular complexity index is 1740. The third-order valence-corrected chi connectivity index (χ3v) is 7.75. The number of phosphoric ester groups is 1. The van der Waals surface area contributed by atoms with Crippen LogP contribution in [0.5, 0.6) is 23.0 Å². The number of methoxy groups -OCH3 is 2. The summed E-state index contributed by atoms with van der Waals surface area (Å²) in [6.45, 7) is 11.7. The summed E-state index contributed by atoms with van der Waals surface area (Å²) < 4.78 is 26.3. The molecule has 0 saturated heterocycles. The zero-order valence-corrected chi connectivity index (χ0v) is 30.4. The van der Waals surface area contributed by atoms with Crippen LogP contribution in [0.2, 0.25) is 0 Å². The van der Waals surface area contributed by atoms with Gasteiger partial charge < -0.3 is 28.9 Å². The van der Waals surface area contributed by atoms with Gasteiger partial charge in [-0.2, -0.15) is 0 Å². The van der Waals surface area contributed by atoms with E-state index in [0.29, 0.717) is 11.3 Å². The normalized spacial score (nSPS) is 12.2. The Balaban J connectivity index is 0.000000311. The Hall–Kier alpha value is -3.29. The second-order valence-corrected chi connectivity index (χ2v) is 11.7. The molecular formula is C36H40NaO7P. The first-order valence-corrected chi connectivity index (χ1v) is 15.5. The molecule has 0 amide bonds. The van der Waals surface area contributed by atoms with E-state index in [1.54, 1.807) is 39.3 Å². The van der Waals surface area contributed by atoms with Gasteiger partial charge in [0.05, 0.1) is 14.2 Å². The average Bonchev–Trinajstić information content (AvgIpc) is 2.97. The summed E-state index contributed by atoms with van der Waals surface area (Å²) >= 11 is 0. The number of rotatable bonds is 8. The number of aromatic hydroxyl groups is 1. The van der Waals surface area contributed by atoms with E-state index in [2.05, 4.69) is 24.4 Å².